The highest BCUT2D eigenvalue weighted by atomic mass is 79.9. The summed E-state index contributed by atoms with van der Waals surface area (Å²) in [6.45, 7) is 6.65. The first-order chi connectivity index (χ1) is 9.54. The summed E-state index contributed by atoms with van der Waals surface area (Å²) in [6, 6.07) is 13.8. The van der Waals surface area contributed by atoms with Gasteiger partial charge in [-0.2, -0.15) is 0 Å². The molecule has 0 fully saturated rings. The third-order valence-corrected chi connectivity index (χ3v) is 4.35. The molecule has 0 N–H and O–H groups in total. The van der Waals surface area contributed by atoms with Crippen LogP contribution in [0.2, 0.25) is 0 Å². The molecule has 0 atom stereocenters. The van der Waals surface area contributed by atoms with Crippen LogP contribution in [0.25, 0.3) is 0 Å². The molecule has 0 bridgehead atoms. The minimum atomic E-state index is 0.0219. The minimum Gasteiger partial charge on any atom is -0.309 e. The van der Waals surface area contributed by atoms with Crippen molar-refractivity contribution in [2.75, 3.05) is 11.4 Å². The Bertz CT molecular complexity index is 637. The predicted molar refractivity (Wildman–Crippen MR) is 87.4 cm³/mol. The van der Waals surface area contributed by atoms with Gasteiger partial charge in [0.15, 0.2) is 0 Å². The second-order valence-electron chi connectivity index (χ2n) is 4.82. The normalized spacial score (nSPS) is 10.4. The third-order valence-electron chi connectivity index (χ3n) is 3.30. The standard InChI is InChI=1S/C17H18BrNO/c1-4-19(14-9-5-7-12(2)11-14)17(20)15-10-6-8-13(3)16(15)18/h5-11H,4H2,1-3H3. The lowest BCUT2D eigenvalue weighted by atomic mass is 10.1. The maximum atomic E-state index is 12.8. The quantitative estimate of drug-likeness (QED) is 0.795. The molecule has 0 aromatic heterocycles. The lowest BCUT2D eigenvalue weighted by Gasteiger charge is -2.22. The molecule has 1 amide bonds. The van der Waals surface area contributed by atoms with E-state index in [4.69, 9.17) is 0 Å². The van der Waals surface area contributed by atoms with Crippen LogP contribution in [0.4, 0.5) is 5.69 Å². The van der Waals surface area contributed by atoms with Crippen LogP contribution in [0.15, 0.2) is 46.9 Å². The van der Waals surface area contributed by atoms with Gasteiger partial charge >= 0.3 is 0 Å². The highest BCUT2D eigenvalue weighted by Crippen LogP contribution is 2.25. The number of benzene rings is 2. The predicted octanol–water partition coefficient (Wildman–Crippen LogP) is 4.73. The lowest BCUT2D eigenvalue weighted by Crippen LogP contribution is -2.31. The molecule has 2 nitrogen and oxygen atoms in total. The van der Waals surface area contributed by atoms with Crippen molar-refractivity contribution >= 4 is 27.5 Å². The SMILES string of the molecule is CCN(C(=O)c1cccc(C)c1Br)c1cccc(C)c1. The molecule has 0 aliphatic carbocycles. The fourth-order valence-electron chi connectivity index (χ4n) is 2.20. The van der Waals surface area contributed by atoms with Gasteiger partial charge in [-0.05, 0) is 66.0 Å². The van der Waals surface area contributed by atoms with Crippen LogP contribution in [0, 0.1) is 13.8 Å². The molecule has 0 heterocycles. The summed E-state index contributed by atoms with van der Waals surface area (Å²) in [5.74, 6) is 0.0219. The average molecular weight is 332 g/mol. The third kappa shape index (κ3) is 2.93. The number of hydrogen-bond acceptors (Lipinski definition) is 1. The number of nitrogens with zero attached hydrogens (tertiary/aromatic N) is 1. The molecule has 2 rings (SSSR count). The molecular formula is C17H18BrNO. The van der Waals surface area contributed by atoms with Crippen LogP contribution in [0.3, 0.4) is 0 Å². The fraction of sp³-hybridized carbons (Fsp3) is 0.235. The van der Waals surface area contributed by atoms with Crippen molar-refractivity contribution in [1.82, 2.24) is 0 Å². The summed E-state index contributed by atoms with van der Waals surface area (Å²) in [4.78, 5) is 14.6. The Morgan fingerprint density at radius 3 is 2.50 bits per heavy atom. The van der Waals surface area contributed by atoms with Crippen LogP contribution >= 0.6 is 15.9 Å². The molecule has 3 heteroatoms. The van der Waals surface area contributed by atoms with Crippen molar-refractivity contribution < 1.29 is 4.79 Å². The highest BCUT2D eigenvalue weighted by molar-refractivity contribution is 9.10. The Hall–Kier alpha value is -1.61. The summed E-state index contributed by atoms with van der Waals surface area (Å²) in [5.41, 5.74) is 3.85. The summed E-state index contributed by atoms with van der Waals surface area (Å²) in [5, 5.41) is 0. The van der Waals surface area contributed by atoms with Crippen molar-refractivity contribution in [2.45, 2.75) is 20.8 Å². The number of aryl methyl sites for hydroxylation is 2. The molecule has 20 heavy (non-hydrogen) atoms. The van der Waals surface area contributed by atoms with Crippen LogP contribution < -0.4 is 4.90 Å². The molecule has 2 aromatic carbocycles. The zero-order chi connectivity index (χ0) is 14.7. The first-order valence-corrected chi connectivity index (χ1v) is 7.47. The highest BCUT2D eigenvalue weighted by Gasteiger charge is 2.19. The van der Waals surface area contributed by atoms with E-state index in [2.05, 4.69) is 15.9 Å². The lowest BCUT2D eigenvalue weighted by molar-refractivity contribution is 0.0987. The van der Waals surface area contributed by atoms with E-state index < -0.39 is 0 Å². The zero-order valence-electron chi connectivity index (χ0n) is 12.0. The molecule has 0 unspecified atom stereocenters. The Labute approximate surface area is 128 Å². The second kappa shape index (κ2) is 6.23. The Kier molecular flexibility index (Phi) is 4.61. The van der Waals surface area contributed by atoms with Crippen LogP contribution in [-0.4, -0.2) is 12.5 Å². The van der Waals surface area contributed by atoms with E-state index >= 15 is 0 Å². The number of halogens is 1. The van der Waals surface area contributed by atoms with Gasteiger partial charge in [0, 0.05) is 16.7 Å². The van der Waals surface area contributed by atoms with Crippen molar-refractivity contribution in [3.63, 3.8) is 0 Å². The van der Waals surface area contributed by atoms with Crippen LogP contribution in [0.5, 0.6) is 0 Å². The van der Waals surface area contributed by atoms with Crippen LogP contribution in [0.1, 0.15) is 28.4 Å². The maximum absolute atomic E-state index is 12.8. The van der Waals surface area contributed by atoms with Gasteiger partial charge in [0.1, 0.15) is 0 Å². The molecule has 0 aliphatic rings. The van der Waals surface area contributed by atoms with Crippen molar-refractivity contribution in [3.8, 4) is 0 Å². The van der Waals surface area contributed by atoms with E-state index in [1.807, 2.05) is 63.2 Å². The monoisotopic (exact) mass is 331 g/mol. The van der Waals surface area contributed by atoms with Gasteiger partial charge in [-0.25, -0.2) is 0 Å². The van der Waals surface area contributed by atoms with E-state index in [1.54, 1.807) is 4.90 Å². The number of hydrogen-bond donors (Lipinski definition) is 0. The van der Waals surface area contributed by atoms with E-state index in [0.29, 0.717) is 12.1 Å². The molecule has 0 saturated heterocycles. The van der Waals surface area contributed by atoms with Gasteiger partial charge in [-0.1, -0.05) is 24.3 Å². The molecule has 0 radical (unpaired) electrons. The van der Waals surface area contributed by atoms with Crippen molar-refractivity contribution in [2.24, 2.45) is 0 Å². The largest absolute Gasteiger partial charge is 0.309 e. The number of anilines is 1. The Morgan fingerprint density at radius 1 is 1.15 bits per heavy atom. The Morgan fingerprint density at radius 2 is 1.85 bits per heavy atom. The van der Waals surface area contributed by atoms with Crippen molar-refractivity contribution in [3.05, 3.63) is 63.6 Å². The maximum Gasteiger partial charge on any atom is 0.259 e. The topological polar surface area (TPSA) is 20.3 Å². The smallest absolute Gasteiger partial charge is 0.259 e. The number of carbonyl (C=O) groups is 1. The fourth-order valence-corrected chi connectivity index (χ4v) is 2.63. The summed E-state index contributed by atoms with van der Waals surface area (Å²) >= 11 is 3.52. The van der Waals surface area contributed by atoms with E-state index in [0.717, 1.165) is 21.3 Å². The zero-order valence-corrected chi connectivity index (χ0v) is 13.6. The second-order valence-corrected chi connectivity index (χ2v) is 5.62. The average Bonchev–Trinajstić information content (AvgIpc) is 2.42. The first-order valence-electron chi connectivity index (χ1n) is 6.68. The van der Waals surface area contributed by atoms with Gasteiger partial charge < -0.3 is 4.90 Å². The van der Waals surface area contributed by atoms with E-state index in [1.165, 1.54) is 0 Å². The molecular weight excluding hydrogens is 314 g/mol. The van der Waals surface area contributed by atoms with E-state index in [-0.39, 0.29) is 5.91 Å². The van der Waals surface area contributed by atoms with Gasteiger partial charge in [-0.3, -0.25) is 4.79 Å². The number of amides is 1. The summed E-state index contributed by atoms with van der Waals surface area (Å²) < 4.78 is 0.871. The van der Waals surface area contributed by atoms with E-state index in [9.17, 15) is 4.79 Å². The van der Waals surface area contributed by atoms with Crippen LogP contribution in [-0.2, 0) is 0 Å². The molecule has 0 saturated carbocycles. The van der Waals surface area contributed by atoms with Crippen molar-refractivity contribution in [1.29, 1.82) is 0 Å². The number of rotatable bonds is 3. The van der Waals surface area contributed by atoms with Gasteiger partial charge in [0.05, 0.1) is 5.56 Å². The molecule has 104 valence electrons. The summed E-state index contributed by atoms with van der Waals surface area (Å²) in [6.07, 6.45) is 0. The number of carbonyl (C=O) groups excluding carboxylic acids is 1. The molecule has 0 aliphatic heterocycles. The molecule has 2 aromatic rings. The summed E-state index contributed by atoms with van der Waals surface area (Å²) in [7, 11) is 0. The minimum absolute atomic E-state index is 0.0219. The van der Waals surface area contributed by atoms with Gasteiger partial charge in [0.2, 0.25) is 0 Å². The van der Waals surface area contributed by atoms with Gasteiger partial charge in [-0.15, -0.1) is 0 Å². The van der Waals surface area contributed by atoms with Gasteiger partial charge in [0.25, 0.3) is 5.91 Å². The first kappa shape index (κ1) is 14.8. The Balaban J connectivity index is 2.42. The molecule has 0 spiro atoms.